The fourth-order valence-electron chi connectivity index (χ4n) is 9.04. The van der Waals surface area contributed by atoms with Crippen LogP contribution in [-0.4, -0.2) is 99.6 Å². The number of hydrogen-bond acceptors (Lipinski definition) is 10. The molecule has 0 saturated carbocycles. The number of ether oxygens (including phenoxy) is 3. The Balaban J connectivity index is 2.61. The average Bonchev–Trinajstić information content (AvgIpc) is 3.44. The molecule has 0 aromatic heterocycles. The first kappa shape index (κ1) is 73.1. The van der Waals surface area contributed by atoms with Gasteiger partial charge in [-0.3, -0.25) is 9.59 Å². The average molecular weight is 1100 g/mol. The van der Waals surface area contributed by atoms with Crippen LogP contribution in [0.3, 0.4) is 0 Å². The van der Waals surface area contributed by atoms with Crippen LogP contribution in [0.1, 0.15) is 233 Å². The van der Waals surface area contributed by atoms with Crippen LogP contribution in [0.2, 0.25) is 0 Å². The Morgan fingerprint density at radius 3 is 1.52 bits per heavy atom. The van der Waals surface area contributed by atoms with Crippen molar-refractivity contribution in [3.63, 3.8) is 0 Å². The van der Waals surface area contributed by atoms with E-state index < -0.39 is 67.4 Å². The first-order valence-corrected chi connectivity index (χ1v) is 31.4. The maximum Gasteiger partial charge on any atom is 0.306 e. The van der Waals surface area contributed by atoms with Gasteiger partial charge in [-0.15, -0.1) is 0 Å². The highest BCUT2D eigenvalue weighted by atomic mass is 16.7. The van der Waals surface area contributed by atoms with Crippen molar-refractivity contribution in [2.45, 2.75) is 282 Å². The Labute approximate surface area is 480 Å². The molecule has 1 amide bonds. The molecule has 0 aromatic rings. The summed E-state index contributed by atoms with van der Waals surface area (Å²) in [4.78, 5) is 26.5. The second-order valence-corrected chi connectivity index (χ2v) is 21.1. The Morgan fingerprint density at radius 2 is 0.975 bits per heavy atom. The van der Waals surface area contributed by atoms with Crippen molar-refractivity contribution in [1.82, 2.24) is 5.32 Å². The van der Waals surface area contributed by atoms with Crippen molar-refractivity contribution in [2.75, 3.05) is 13.2 Å². The second-order valence-electron chi connectivity index (χ2n) is 21.1. The monoisotopic (exact) mass is 1100 g/mol. The molecule has 0 aliphatic carbocycles. The van der Waals surface area contributed by atoms with Gasteiger partial charge in [-0.1, -0.05) is 258 Å². The first-order valence-electron chi connectivity index (χ1n) is 31.4. The number of hydrogen-bond donors (Lipinski definition) is 6. The number of unbranched alkanes of at least 4 members (excludes halogenated alkanes) is 22. The summed E-state index contributed by atoms with van der Waals surface area (Å²) < 4.78 is 17.5. The molecule has 1 saturated heterocycles. The van der Waals surface area contributed by atoms with Gasteiger partial charge < -0.3 is 45.1 Å². The predicted octanol–water partition coefficient (Wildman–Crippen LogP) is 15.1. The molecule has 0 radical (unpaired) electrons. The summed E-state index contributed by atoms with van der Waals surface area (Å²) >= 11 is 0. The maximum atomic E-state index is 13.4. The minimum absolute atomic E-state index is 0.0715. The van der Waals surface area contributed by atoms with E-state index in [0.717, 1.165) is 109 Å². The highest BCUT2D eigenvalue weighted by Gasteiger charge is 2.47. The molecule has 8 atom stereocenters. The number of rotatable bonds is 51. The summed E-state index contributed by atoms with van der Waals surface area (Å²) in [6, 6.07) is -1.04. The standard InChI is InChI=1S/C68H113NO10/c1-4-7-10-13-16-19-22-24-25-26-27-28-29-30-31-32-33-34-35-36-38-40-43-46-49-52-55-61(72)67(76)69-59(60(71)54-51-48-45-42-39-21-18-15-12-9-6-3)58-77-68-66(65(75)64(74)62(57-70)78-68)79-63(73)56-53-50-47-44-41-37-23-20-17-14-11-8-5-2/h7-8,10-11,14,16-17,19-20,23-25,27-28,30-31,37,41,51,54,59-62,64-66,68,70-72,74-75H,4-6,9,12-13,15,18,21-22,26,29,32-36,38-40,42-50,52-53,55-58H2,1-3H3,(H,69,76)/b10-7-,11-8+,17-14+,19-16-,23-20-,25-24-,28-27-,31-30-,41-37-,54-51+. The van der Waals surface area contributed by atoms with Crippen LogP contribution in [0.15, 0.2) is 122 Å². The van der Waals surface area contributed by atoms with Gasteiger partial charge in [0.1, 0.15) is 24.4 Å². The van der Waals surface area contributed by atoms with E-state index in [1.165, 1.54) is 77.0 Å². The number of carbonyl (C=O) groups excluding carboxylic acids is 2. The zero-order valence-electron chi connectivity index (χ0n) is 49.7. The molecule has 0 aromatic carbocycles. The van der Waals surface area contributed by atoms with Crippen LogP contribution in [0, 0.1) is 0 Å². The zero-order chi connectivity index (χ0) is 57.5. The van der Waals surface area contributed by atoms with Crippen molar-refractivity contribution < 1.29 is 49.3 Å². The Morgan fingerprint density at radius 1 is 0.519 bits per heavy atom. The fraction of sp³-hybridized carbons (Fsp3) is 0.676. The van der Waals surface area contributed by atoms with E-state index in [2.05, 4.69) is 99.0 Å². The lowest BCUT2D eigenvalue weighted by Gasteiger charge is -2.41. The van der Waals surface area contributed by atoms with Crippen LogP contribution in [-0.2, 0) is 23.8 Å². The Kier molecular flexibility index (Phi) is 50.5. The number of aliphatic hydroxyl groups excluding tert-OH is 5. The molecule has 450 valence electrons. The number of esters is 1. The number of carbonyl (C=O) groups is 2. The number of allylic oxidation sites excluding steroid dienone is 19. The Bertz CT molecular complexity index is 1740. The van der Waals surface area contributed by atoms with Gasteiger partial charge in [-0.25, -0.2) is 0 Å². The van der Waals surface area contributed by atoms with Crippen LogP contribution < -0.4 is 5.32 Å². The third kappa shape index (κ3) is 42.6. The highest BCUT2D eigenvalue weighted by molar-refractivity contribution is 5.80. The summed E-state index contributed by atoms with van der Waals surface area (Å²) in [5.41, 5.74) is 0. The number of aliphatic hydroxyl groups is 5. The van der Waals surface area contributed by atoms with Crippen molar-refractivity contribution in [3.8, 4) is 0 Å². The van der Waals surface area contributed by atoms with Gasteiger partial charge in [0.05, 0.1) is 25.4 Å². The molecule has 1 rings (SSSR count). The van der Waals surface area contributed by atoms with Gasteiger partial charge in [0.15, 0.2) is 12.4 Å². The quantitative estimate of drug-likeness (QED) is 0.0149. The summed E-state index contributed by atoms with van der Waals surface area (Å²) in [6.07, 6.45) is 65.4. The topological polar surface area (TPSA) is 175 Å². The predicted molar refractivity (Wildman–Crippen MR) is 328 cm³/mol. The molecule has 79 heavy (non-hydrogen) atoms. The minimum Gasteiger partial charge on any atom is -0.454 e. The third-order valence-electron chi connectivity index (χ3n) is 14.0. The summed E-state index contributed by atoms with van der Waals surface area (Å²) in [6.45, 7) is 5.48. The highest BCUT2D eigenvalue weighted by Crippen LogP contribution is 2.26. The van der Waals surface area contributed by atoms with Gasteiger partial charge in [0, 0.05) is 6.42 Å². The van der Waals surface area contributed by atoms with E-state index in [1.807, 2.05) is 42.5 Å². The van der Waals surface area contributed by atoms with Gasteiger partial charge in [0.2, 0.25) is 5.91 Å². The lowest BCUT2D eigenvalue weighted by atomic mass is 9.99. The van der Waals surface area contributed by atoms with Crippen LogP contribution in [0.25, 0.3) is 0 Å². The lowest BCUT2D eigenvalue weighted by molar-refractivity contribution is -0.305. The minimum atomic E-state index is -1.64. The molecule has 11 heteroatoms. The molecule has 0 bridgehead atoms. The van der Waals surface area contributed by atoms with Crippen molar-refractivity contribution in [3.05, 3.63) is 122 Å². The van der Waals surface area contributed by atoms with Gasteiger partial charge in [-0.05, 0) is 89.9 Å². The molecule has 8 unspecified atom stereocenters. The third-order valence-corrected chi connectivity index (χ3v) is 14.0. The first-order chi connectivity index (χ1) is 38.7. The molecule has 1 fully saturated rings. The van der Waals surface area contributed by atoms with Crippen molar-refractivity contribution >= 4 is 11.9 Å². The van der Waals surface area contributed by atoms with E-state index in [-0.39, 0.29) is 19.4 Å². The molecule has 1 heterocycles. The van der Waals surface area contributed by atoms with Gasteiger partial charge in [-0.2, -0.15) is 0 Å². The van der Waals surface area contributed by atoms with E-state index in [1.54, 1.807) is 6.08 Å². The normalized spacial score (nSPS) is 19.7. The second kappa shape index (κ2) is 54.6. The molecule has 6 N–H and O–H groups in total. The van der Waals surface area contributed by atoms with E-state index in [9.17, 15) is 35.1 Å². The Hall–Kier alpha value is -3.94. The summed E-state index contributed by atoms with van der Waals surface area (Å²) in [5.74, 6) is -1.25. The largest absolute Gasteiger partial charge is 0.454 e. The number of amides is 1. The van der Waals surface area contributed by atoms with Gasteiger partial charge >= 0.3 is 5.97 Å². The lowest BCUT2D eigenvalue weighted by Crippen LogP contribution is -2.61. The van der Waals surface area contributed by atoms with Crippen molar-refractivity contribution in [2.24, 2.45) is 0 Å². The molecule has 1 aliphatic rings. The smallest absolute Gasteiger partial charge is 0.306 e. The maximum absolute atomic E-state index is 13.4. The fourth-order valence-corrected chi connectivity index (χ4v) is 9.04. The SMILES string of the molecule is CC/C=C\C/C=C\C/C=C\C/C=C\C/C=C\CCCCCCCCCCCCC(O)C(=O)NC(COC1OC(CO)C(O)C(O)C1OC(=O)CCCCC\C=C/C=C\C=C\C=C\CC)C(O)/C=C/CCCCCCCCCCC. The molecular weight excluding hydrogens is 991 g/mol. The molecule has 1 aliphatic heterocycles. The van der Waals surface area contributed by atoms with Crippen LogP contribution >= 0.6 is 0 Å². The molecular formula is C68H113NO10. The summed E-state index contributed by atoms with van der Waals surface area (Å²) in [7, 11) is 0. The van der Waals surface area contributed by atoms with E-state index >= 15 is 0 Å². The zero-order valence-corrected chi connectivity index (χ0v) is 49.7. The molecule has 0 spiro atoms. The van der Waals surface area contributed by atoms with Crippen molar-refractivity contribution in [1.29, 1.82) is 0 Å². The number of nitrogens with one attached hydrogen (secondary N) is 1. The summed E-state index contributed by atoms with van der Waals surface area (Å²) in [5, 5.41) is 56.9. The van der Waals surface area contributed by atoms with Gasteiger partial charge in [0.25, 0.3) is 0 Å². The van der Waals surface area contributed by atoms with E-state index in [0.29, 0.717) is 12.8 Å². The van der Waals surface area contributed by atoms with E-state index in [4.69, 9.17) is 14.2 Å². The molecule has 11 nitrogen and oxygen atoms in total. The van der Waals surface area contributed by atoms with Crippen LogP contribution in [0.4, 0.5) is 0 Å². The van der Waals surface area contributed by atoms with Crippen LogP contribution in [0.5, 0.6) is 0 Å².